The van der Waals surface area contributed by atoms with Crippen LogP contribution in [0.2, 0.25) is 0 Å². The first kappa shape index (κ1) is 20.5. The third kappa shape index (κ3) is 3.84. The number of likely N-dealkylation sites (tertiary alicyclic amines) is 1. The summed E-state index contributed by atoms with van der Waals surface area (Å²) in [7, 11) is 0. The first-order chi connectivity index (χ1) is 14.0. The summed E-state index contributed by atoms with van der Waals surface area (Å²) in [5.74, 6) is -3.15. The van der Waals surface area contributed by atoms with Crippen LogP contribution in [0.3, 0.4) is 0 Å². The fourth-order valence-electron chi connectivity index (χ4n) is 4.02. The Kier molecular flexibility index (Phi) is 4.94. The zero-order chi connectivity index (χ0) is 21.7. The molecule has 0 radical (unpaired) electrons. The topological polar surface area (TPSA) is 60.1 Å². The number of halogens is 5. The first-order valence-electron chi connectivity index (χ1n) is 9.56. The summed E-state index contributed by atoms with van der Waals surface area (Å²) in [5, 5.41) is 4.19. The van der Waals surface area contributed by atoms with Gasteiger partial charge in [-0.3, -0.25) is 9.36 Å². The number of rotatable bonds is 3. The van der Waals surface area contributed by atoms with Gasteiger partial charge < -0.3 is 4.90 Å². The number of carbonyl (C=O) groups is 1. The minimum Gasteiger partial charge on any atom is -0.335 e. The van der Waals surface area contributed by atoms with Crippen molar-refractivity contribution >= 4 is 5.91 Å². The normalized spacial score (nSPS) is 21.0. The van der Waals surface area contributed by atoms with Gasteiger partial charge in [-0.25, -0.2) is 18.3 Å². The highest BCUT2D eigenvalue weighted by Crippen LogP contribution is 2.32. The number of carbonyl (C=O) groups excluding carboxylic acids is 1. The molecule has 2 aliphatic heterocycles. The van der Waals surface area contributed by atoms with E-state index in [0.29, 0.717) is 25.1 Å². The third-order valence-electron chi connectivity index (χ3n) is 5.48. The summed E-state index contributed by atoms with van der Waals surface area (Å²) in [4.78, 5) is 26.7. The van der Waals surface area contributed by atoms with Crippen molar-refractivity contribution in [2.24, 2.45) is 0 Å². The fourth-order valence-corrected chi connectivity index (χ4v) is 4.02. The lowest BCUT2D eigenvalue weighted by molar-refractivity contribution is -0.137. The van der Waals surface area contributed by atoms with Gasteiger partial charge in [-0.05, 0) is 30.5 Å². The van der Waals surface area contributed by atoms with Crippen LogP contribution in [0.25, 0.3) is 0 Å². The minimum atomic E-state index is -4.51. The Morgan fingerprint density at radius 2 is 2.03 bits per heavy atom. The highest BCUT2D eigenvalue weighted by atomic mass is 19.4. The van der Waals surface area contributed by atoms with Gasteiger partial charge in [0.05, 0.1) is 18.7 Å². The zero-order valence-electron chi connectivity index (χ0n) is 15.8. The van der Waals surface area contributed by atoms with Gasteiger partial charge in [-0.2, -0.15) is 18.3 Å². The number of hydrogen-bond donors (Lipinski definition) is 0. The van der Waals surface area contributed by atoms with Gasteiger partial charge >= 0.3 is 11.9 Å². The van der Waals surface area contributed by atoms with Gasteiger partial charge in [-0.15, -0.1) is 0 Å². The quantitative estimate of drug-likeness (QED) is 0.704. The largest absolute Gasteiger partial charge is 0.416 e. The van der Waals surface area contributed by atoms with Crippen LogP contribution >= 0.6 is 0 Å². The van der Waals surface area contributed by atoms with Crippen molar-refractivity contribution in [2.45, 2.75) is 50.4 Å². The molecule has 0 spiro atoms. The van der Waals surface area contributed by atoms with E-state index in [2.05, 4.69) is 5.10 Å². The number of aromatic nitrogens is 3. The molecule has 2 aliphatic rings. The number of benzene rings is 1. The van der Waals surface area contributed by atoms with Crippen LogP contribution in [0.4, 0.5) is 22.0 Å². The predicted octanol–water partition coefficient (Wildman–Crippen LogP) is 2.86. The summed E-state index contributed by atoms with van der Waals surface area (Å²) >= 11 is 0. The van der Waals surface area contributed by atoms with E-state index in [1.165, 1.54) is 16.7 Å². The number of aryl methyl sites for hydroxylation is 1. The molecule has 2 aromatic rings. The van der Waals surface area contributed by atoms with Gasteiger partial charge in [-0.1, -0.05) is 12.1 Å². The summed E-state index contributed by atoms with van der Waals surface area (Å²) in [6, 6.07) is 3.66. The van der Waals surface area contributed by atoms with E-state index < -0.39 is 48.3 Å². The van der Waals surface area contributed by atoms with Crippen LogP contribution in [0, 0.1) is 0 Å². The molecule has 3 heterocycles. The predicted molar refractivity (Wildman–Crippen MR) is 95.2 cm³/mol. The maximum Gasteiger partial charge on any atom is 0.416 e. The molecule has 6 nitrogen and oxygen atoms in total. The second-order valence-electron chi connectivity index (χ2n) is 7.70. The van der Waals surface area contributed by atoms with Crippen LogP contribution in [-0.4, -0.2) is 44.2 Å². The second-order valence-corrected chi connectivity index (χ2v) is 7.70. The first-order valence-corrected chi connectivity index (χ1v) is 9.56. The number of amides is 1. The molecule has 1 amide bonds. The van der Waals surface area contributed by atoms with E-state index in [0.717, 1.165) is 21.7 Å². The summed E-state index contributed by atoms with van der Waals surface area (Å²) in [6.45, 7) is -0.943. The summed E-state index contributed by atoms with van der Waals surface area (Å²) in [5.41, 5.74) is -1.23. The van der Waals surface area contributed by atoms with Gasteiger partial charge in [0.15, 0.2) is 0 Å². The molecule has 162 valence electrons. The van der Waals surface area contributed by atoms with Crippen molar-refractivity contribution in [2.75, 3.05) is 13.1 Å². The Labute approximate surface area is 167 Å². The zero-order valence-corrected chi connectivity index (χ0v) is 15.8. The molecule has 4 rings (SSSR count). The molecule has 0 bridgehead atoms. The molecule has 0 saturated carbocycles. The van der Waals surface area contributed by atoms with Crippen LogP contribution in [0.1, 0.15) is 42.3 Å². The molecule has 1 aromatic heterocycles. The van der Waals surface area contributed by atoms with E-state index >= 15 is 0 Å². The summed E-state index contributed by atoms with van der Waals surface area (Å²) in [6.07, 6.45) is -3.62. The Balaban J connectivity index is 1.61. The molecule has 1 aromatic carbocycles. The van der Waals surface area contributed by atoms with Crippen molar-refractivity contribution in [3.8, 4) is 0 Å². The van der Waals surface area contributed by atoms with E-state index in [4.69, 9.17) is 0 Å². The lowest BCUT2D eigenvalue weighted by Gasteiger charge is -2.27. The maximum atomic E-state index is 13.5. The van der Waals surface area contributed by atoms with Crippen molar-refractivity contribution < 1.29 is 26.7 Å². The average Bonchev–Trinajstić information content (AvgIpc) is 3.20. The number of alkyl halides is 5. The molecular formula is C19H19F5N4O2. The van der Waals surface area contributed by atoms with Gasteiger partial charge in [0.1, 0.15) is 11.9 Å². The molecule has 1 atom stereocenters. The number of fused-ring (bicyclic) bond motifs is 1. The molecule has 30 heavy (non-hydrogen) atoms. The number of nitrogens with zero attached hydrogens (tertiary/aromatic N) is 4. The molecule has 0 N–H and O–H groups in total. The molecular weight excluding hydrogens is 411 g/mol. The fraction of sp³-hybridized carbons (Fsp3) is 0.526. The molecule has 11 heteroatoms. The molecule has 1 saturated heterocycles. The molecule has 0 aliphatic carbocycles. The van der Waals surface area contributed by atoms with Crippen LogP contribution in [-0.2, 0) is 23.9 Å². The lowest BCUT2D eigenvalue weighted by Crippen LogP contribution is -2.42. The standard InChI is InChI=1S/C19H19F5N4O2/c20-18(21)7-8-26(11-18)16(29)14-5-2-6-15-25-27(17(30)28(14)15)10-12-3-1-4-13(9-12)19(22,23)24/h1,3-4,9,14H,2,5-8,10-11H2/t14-/m1/s1. The van der Waals surface area contributed by atoms with Crippen LogP contribution in [0.5, 0.6) is 0 Å². The maximum absolute atomic E-state index is 13.5. The van der Waals surface area contributed by atoms with Gasteiger partial charge in [0, 0.05) is 19.4 Å². The highest BCUT2D eigenvalue weighted by molar-refractivity contribution is 5.81. The lowest BCUT2D eigenvalue weighted by atomic mass is 10.0. The Morgan fingerprint density at radius 3 is 2.70 bits per heavy atom. The van der Waals surface area contributed by atoms with Crippen molar-refractivity contribution in [1.29, 1.82) is 0 Å². The van der Waals surface area contributed by atoms with Crippen molar-refractivity contribution in [1.82, 2.24) is 19.2 Å². The van der Waals surface area contributed by atoms with E-state index in [-0.39, 0.29) is 18.7 Å². The smallest absolute Gasteiger partial charge is 0.335 e. The van der Waals surface area contributed by atoms with Crippen molar-refractivity contribution in [3.63, 3.8) is 0 Å². The second kappa shape index (κ2) is 7.21. The Bertz CT molecular complexity index is 1030. The molecule has 0 unspecified atom stereocenters. The van der Waals surface area contributed by atoms with E-state index in [1.54, 1.807) is 0 Å². The Morgan fingerprint density at radius 1 is 1.27 bits per heavy atom. The Hall–Kier alpha value is -2.72. The number of hydrogen-bond acceptors (Lipinski definition) is 3. The SMILES string of the molecule is O=C([C@H]1CCCc2nn(Cc3cccc(C(F)(F)F)c3)c(=O)n21)N1CCC(F)(F)C1. The van der Waals surface area contributed by atoms with Crippen LogP contribution in [0.15, 0.2) is 29.1 Å². The monoisotopic (exact) mass is 430 g/mol. The van der Waals surface area contributed by atoms with Crippen molar-refractivity contribution in [3.05, 3.63) is 51.7 Å². The van der Waals surface area contributed by atoms with E-state index in [9.17, 15) is 31.5 Å². The molecule has 1 fully saturated rings. The summed E-state index contributed by atoms with van der Waals surface area (Å²) < 4.78 is 68.0. The van der Waals surface area contributed by atoms with E-state index in [1.807, 2.05) is 0 Å². The average molecular weight is 430 g/mol. The third-order valence-corrected chi connectivity index (χ3v) is 5.48. The van der Waals surface area contributed by atoms with Gasteiger partial charge in [0.2, 0.25) is 5.91 Å². The highest BCUT2D eigenvalue weighted by Gasteiger charge is 2.43. The van der Waals surface area contributed by atoms with Gasteiger partial charge in [0.25, 0.3) is 5.92 Å². The minimum absolute atomic E-state index is 0.0786. The van der Waals surface area contributed by atoms with Crippen LogP contribution < -0.4 is 5.69 Å².